The fourth-order valence-corrected chi connectivity index (χ4v) is 3.39. The average Bonchev–Trinajstić information content (AvgIpc) is 3.13. The minimum atomic E-state index is -0.448. The summed E-state index contributed by atoms with van der Waals surface area (Å²) in [7, 11) is 4.71. The monoisotopic (exact) mass is 434 g/mol. The molecule has 2 heterocycles. The smallest absolute Gasteiger partial charge is 0.332 e. The Morgan fingerprint density at radius 1 is 1.12 bits per heavy atom. The highest BCUT2D eigenvalue weighted by Crippen LogP contribution is 2.25. The largest absolute Gasteiger partial charge is 0.504 e. The van der Waals surface area contributed by atoms with Gasteiger partial charge in [0.15, 0.2) is 22.7 Å². The molecule has 10 heteroatoms. The van der Waals surface area contributed by atoms with Gasteiger partial charge in [0.1, 0.15) is 0 Å². The zero-order chi connectivity index (χ0) is 22.8. The van der Waals surface area contributed by atoms with Crippen molar-refractivity contribution >= 4 is 23.3 Å². The number of methoxy groups -OCH3 is 1. The van der Waals surface area contributed by atoms with Crippen LogP contribution in [0.5, 0.6) is 11.5 Å². The Morgan fingerprint density at radius 3 is 2.59 bits per heavy atom. The van der Waals surface area contributed by atoms with Gasteiger partial charge in [0.2, 0.25) is 5.95 Å². The van der Waals surface area contributed by atoms with Crippen molar-refractivity contribution in [2.24, 2.45) is 19.2 Å². The van der Waals surface area contributed by atoms with Crippen LogP contribution in [0.15, 0.2) is 63.2 Å². The number of hydrazone groups is 1. The Labute approximate surface area is 182 Å². The third-order valence-corrected chi connectivity index (χ3v) is 5.13. The number of aromatic hydroxyl groups is 1. The summed E-state index contributed by atoms with van der Waals surface area (Å²) in [5.74, 6) is 0.651. The lowest BCUT2D eigenvalue weighted by atomic mass is 10.2. The molecule has 4 rings (SSSR count). The van der Waals surface area contributed by atoms with Gasteiger partial charge < -0.3 is 14.4 Å². The van der Waals surface area contributed by atoms with E-state index in [0.29, 0.717) is 17.3 Å². The second-order valence-electron chi connectivity index (χ2n) is 7.19. The number of phenolic OH excluding ortho intramolecular Hbond substituents is 1. The van der Waals surface area contributed by atoms with E-state index in [1.54, 1.807) is 30.8 Å². The maximum Gasteiger partial charge on any atom is 0.332 e. The van der Waals surface area contributed by atoms with Gasteiger partial charge in [-0.05, 0) is 29.3 Å². The topological polar surface area (TPSA) is 116 Å². The molecule has 0 saturated heterocycles. The van der Waals surface area contributed by atoms with Gasteiger partial charge in [-0.3, -0.25) is 13.9 Å². The molecule has 4 aromatic rings. The number of benzene rings is 2. The van der Waals surface area contributed by atoms with Crippen LogP contribution >= 0.6 is 0 Å². The molecule has 2 aromatic carbocycles. The number of nitrogens with zero attached hydrogens (tertiary/aromatic N) is 5. The summed E-state index contributed by atoms with van der Waals surface area (Å²) in [6.45, 7) is 0.164. The van der Waals surface area contributed by atoms with E-state index in [1.807, 2.05) is 30.3 Å². The molecule has 32 heavy (non-hydrogen) atoms. The molecular formula is C22H22N6O4. The van der Waals surface area contributed by atoms with E-state index in [9.17, 15) is 14.7 Å². The minimum absolute atomic E-state index is 0.0284. The fraction of sp³-hybridized carbons (Fsp3) is 0.182. The lowest BCUT2D eigenvalue weighted by molar-refractivity contribution is 0.373. The summed E-state index contributed by atoms with van der Waals surface area (Å²) in [6.07, 6.45) is 1.52. The number of hydrogen-bond donors (Lipinski definition) is 2. The number of aromatic nitrogens is 4. The number of fused-ring (bicyclic) bond motifs is 1. The maximum absolute atomic E-state index is 13.1. The molecule has 164 valence electrons. The predicted octanol–water partition coefficient (Wildman–Crippen LogP) is 1.64. The second kappa shape index (κ2) is 8.42. The number of nitrogens with one attached hydrogen (secondary N) is 1. The Kier molecular flexibility index (Phi) is 5.50. The zero-order valence-corrected chi connectivity index (χ0v) is 17.8. The van der Waals surface area contributed by atoms with Crippen molar-refractivity contribution in [2.75, 3.05) is 12.5 Å². The normalized spacial score (nSPS) is 11.3. The van der Waals surface area contributed by atoms with E-state index >= 15 is 0 Å². The van der Waals surface area contributed by atoms with Crippen molar-refractivity contribution < 1.29 is 9.84 Å². The molecule has 0 aliphatic heterocycles. The molecule has 0 amide bonds. The SMILES string of the molecule is COc1cc(C=NNc2nc3c(c(=O)n(Cc4ccccc4)c(=O)n3C)n2C)ccc1O. The van der Waals surface area contributed by atoms with Crippen LogP contribution in [0.3, 0.4) is 0 Å². The van der Waals surface area contributed by atoms with Crippen LogP contribution in [0, 0.1) is 0 Å². The van der Waals surface area contributed by atoms with E-state index in [0.717, 1.165) is 5.56 Å². The van der Waals surface area contributed by atoms with Gasteiger partial charge >= 0.3 is 5.69 Å². The van der Waals surface area contributed by atoms with Crippen LogP contribution in [-0.4, -0.2) is 37.1 Å². The van der Waals surface area contributed by atoms with Gasteiger partial charge in [0, 0.05) is 14.1 Å². The first kappa shape index (κ1) is 20.9. The first-order chi connectivity index (χ1) is 15.4. The Bertz CT molecular complexity index is 1430. The quantitative estimate of drug-likeness (QED) is 0.352. The zero-order valence-electron chi connectivity index (χ0n) is 17.8. The van der Waals surface area contributed by atoms with Gasteiger partial charge in [-0.1, -0.05) is 30.3 Å². The van der Waals surface area contributed by atoms with Crippen LogP contribution in [0.25, 0.3) is 11.2 Å². The van der Waals surface area contributed by atoms with E-state index < -0.39 is 11.2 Å². The first-order valence-electron chi connectivity index (χ1n) is 9.77. The van der Waals surface area contributed by atoms with Crippen molar-refractivity contribution in [3.05, 3.63) is 80.5 Å². The Hall–Kier alpha value is -4.34. The number of imidazole rings is 1. The van der Waals surface area contributed by atoms with E-state index in [2.05, 4.69) is 15.5 Å². The third-order valence-electron chi connectivity index (χ3n) is 5.13. The summed E-state index contributed by atoms with van der Waals surface area (Å²) in [5.41, 5.74) is 4.00. The molecule has 0 saturated carbocycles. The van der Waals surface area contributed by atoms with Crippen LogP contribution in [0.1, 0.15) is 11.1 Å². The molecule has 0 unspecified atom stereocenters. The summed E-state index contributed by atoms with van der Waals surface area (Å²) < 4.78 is 9.18. The maximum atomic E-state index is 13.1. The number of anilines is 1. The molecule has 0 aliphatic rings. The molecule has 0 atom stereocenters. The van der Waals surface area contributed by atoms with Crippen LogP contribution in [0.2, 0.25) is 0 Å². The number of hydrogen-bond acceptors (Lipinski definition) is 7. The molecule has 10 nitrogen and oxygen atoms in total. The molecule has 0 fully saturated rings. The van der Waals surface area contributed by atoms with E-state index in [1.165, 1.54) is 28.5 Å². The molecule has 2 aromatic heterocycles. The Balaban J connectivity index is 1.69. The van der Waals surface area contributed by atoms with Gasteiger partial charge in [-0.15, -0.1) is 0 Å². The number of phenols is 1. The summed E-state index contributed by atoms with van der Waals surface area (Å²) in [4.78, 5) is 30.3. The number of aryl methyl sites for hydroxylation is 2. The van der Waals surface area contributed by atoms with Crippen molar-refractivity contribution in [2.45, 2.75) is 6.54 Å². The first-order valence-corrected chi connectivity index (χ1v) is 9.77. The predicted molar refractivity (Wildman–Crippen MR) is 122 cm³/mol. The molecule has 0 bridgehead atoms. The molecule has 0 spiro atoms. The number of rotatable bonds is 6. The molecule has 2 N–H and O–H groups in total. The van der Waals surface area contributed by atoms with Crippen molar-refractivity contribution in [1.82, 2.24) is 18.7 Å². The van der Waals surface area contributed by atoms with Crippen LogP contribution in [-0.2, 0) is 20.6 Å². The van der Waals surface area contributed by atoms with Crippen molar-refractivity contribution in [3.8, 4) is 11.5 Å². The standard InChI is InChI=1S/C22H22N6O4/c1-26-18-19(24-21(26)25-23-12-15-9-10-16(29)17(11-15)32-3)27(2)22(31)28(20(18)30)13-14-7-5-4-6-8-14/h4-12,29H,13H2,1-3H3,(H,24,25). The highest BCUT2D eigenvalue weighted by molar-refractivity contribution is 5.81. The van der Waals surface area contributed by atoms with Crippen molar-refractivity contribution in [1.29, 1.82) is 0 Å². The van der Waals surface area contributed by atoms with Gasteiger partial charge in [-0.2, -0.15) is 10.1 Å². The van der Waals surface area contributed by atoms with Crippen molar-refractivity contribution in [3.63, 3.8) is 0 Å². The van der Waals surface area contributed by atoms with E-state index in [-0.39, 0.29) is 23.5 Å². The highest BCUT2D eigenvalue weighted by atomic mass is 16.5. The van der Waals surface area contributed by atoms with Crippen LogP contribution in [0.4, 0.5) is 5.95 Å². The van der Waals surface area contributed by atoms with Gasteiger partial charge in [0.05, 0.1) is 19.9 Å². The average molecular weight is 434 g/mol. The van der Waals surface area contributed by atoms with Crippen LogP contribution < -0.4 is 21.4 Å². The lowest BCUT2D eigenvalue weighted by Crippen LogP contribution is -2.39. The summed E-state index contributed by atoms with van der Waals surface area (Å²) >= 11 is 0. The fourth-order valence-electron chi connectivity index (χ4n) is 3.39. The molecule has 0 radical (unpaired) electrons. The Morgan fingerprint density at radius 2 is 1.88 bits per heavy atom. The minimum Gasteiger partial charge on any atom is -0.504 e. The summed E-state index contributed by atoms with van der Waals surface area (Å²) in [6, 6.07) is 14.1. The van der Waals surface area contributed by atoms with E-state index in [4.69, 9.17) is 4.74 Å². The number of ether oxygens (including phenoxy) is 1. The molecular weight excluding hydrogens is 412 g/mol. The molecule has 0 aliphatic carbocycles. The lowest BCUT2D eigenvalue weighted by Gasteiger charge is -2.08. The second-order valence-corrected chi connectivity index (χ2v) is 7.19. The van der Waals surface area contributed by atoms with Gasteiger partial charge in [-0.25, -0.2) is 10.2 Å². The summed E-state index contributed by atoms with van der Waals surface area (Å²) in [5, 5.41) is 13.8. The highest BCUT2D eigenvalue weighted by Gasteiger charge is 2.18. The third kappa shape index (κ3) is 3.73. The van der Waals surface area contributed by atoms with Gasteiger partial charge in [0.25, 0.3) is 5.56 Å².